The van der Waals surface area contributed by atoms with Crippen molar-refractivity contribution in [3.05, 3.63) is 130 Å². The van der Waals surface area contributed by atoms with Crippen molar-refractivity contribution in [2.24, 2.45) is 40.9 Å². The van der Waals surface area contributed by atoms with Crippen LogP contribution in [0.25, 0.3) is 0 Å². The van der Waals surface area contributed by atoms with Gasteiger partial charge >= 0.3 is 0 Å². The Balaban J connectivity index is 1.28. The molecule has 0 spiro atoms. The molecule has 0 aliphatic rings. The minimum atomic E-state index is -4.57. The number of rotatable bonds is 30. The second-order valence-electron chi connectivity index (χ2n) is 19.0. The number of ether oxygens (including phenoxy) is 4. The van der Waals surface area contributed by atoms with Gasteiger partial charge in [0, 0.05) is 48.2 Å². The van der Waals surface area contributed by atoms with Crippen molar-refractivity contribution < 1.29 is 75.6 Å². The van der Waals surface area contributed by atoms with Crippen LogP contribution in [0, 0.1) is 27.7 Å². The van der Waals surface area contributed by atoms with Gasteiger partial charge in [-0.3, -0.25) is 23.0 Å². The van der Waals surface area contributed by atoms with Crippen LogP contribution in [0.2, 0.25) is 0 Å². The highest BCUT2D eigenvalue weighted by Crippen LogP contribution is 2.41. The first-order chi connectivity index (χ1) is 39.6. The maximum Gasteiger partial charge on any atom is 0.296 e. The van der Waals surface area contributed by atoms with Crippen molar-refractivity contribution in [1.82, 2.24) is 0 Å². The summed E-state index contributed by atoms with van der Waals surface area (Å²) < 4.78 is 155. The number of hydrogen-bond donors (Lipinski definition) is 4. The topological polar surface area (TPSA) is 370 Å². The summed E-state index contributed by atoms with van der Waals surface area (Å²) >= 11 is 0. The second-order valence-corrected chi connectivity index (χ2v) is 24.9. The highest BCUT2D eigenvalue weighted by atomic mass is 32.2. The standard InChI is InChI=1S/C55H62N8O17S4/c1-7-19-77-51-31-45(60-62-49-28-38(6)48(34-53(49)78-20-8-2)59-57-44-13-9-10-14-55(44)84(74,75)76)35(3)25-39(51)29-42(64)30-40-26-36(4)46(32-52(40)79-21-11-23-81(65,66)67)61-63-50-27-37(5)47(33-54(50)80-22-12-24-82(68,69)70)58-56-41-15-17-43(18-16-41)83(71,72)73/h9-10,13-18,25-28,31-34H,7-8,11-12,19-24,29-30H2,1-6H3,(H,65,66,67)(H,68,69,70)(H,71,72,73)(H,74,75,76). The summed E-state index contributed by atoms with van der Waals surface area (Å²) in [4.78, 5) is 13.4. The molecule has 0 heterocycles. The van der Waals surface area contributed by atoms with Gasteiger partial charge in [-0.25, -0.2) is 0 Å². The Morgan fingerprint density at radius 1 is 0.417 bits per heavy atom. The third-order valence-corrected chi connectivity index (χ3v) is 15.3. The average molecular weight is 1240 g/mol. The molecule has 0 amide bonds. The van der Waals surface area contributed by atoms with Crippen molar-refractivity contribution in [1.29, 1.82) is 0 Å². The van der Waals surface area contributed by atoms with E-state index in [-0.39, 0.29) is 89.5 Å². The molecule has 0 atom stereocenters. The van der Waals surface area contributed by atoms with Crippen LogP contribution < -0.4 is 18.9 Å². The van der Waals surface area contributed by atoms with Crippen LogP contribution in [0.3, 0.4) is 0 Å². The minimum absolute atomic E-state index is 0.0637. The first-order valence-corrected chi connectivity index (χ1v) is 32.0. The smallest absolute Gasteiger partial charge is 0.296 e. The molecular weight excluding hydrogens is 1170 g/mol. The van der Waals surface area contributed by atoms with Gasteiger partial charge in [0.05, 0.1) is 71.3 Å². The summed E-state index contributed by atoms with van der Waals surface area (Å²) in [7, 11) is -17.6. The molecule has 6 aromatic carbocycles. The first-order valence-electron chi connectivity index (χ1n) is 25.9. The van der Waals surface area contributed by atoms with Crippen molar-refractivity contribution in [2.45, 2.75) is 89.9 Å². The number of azo groups is 4. The highest BCUT2D eigenvalue weighted by molar-refractivity contribution is 7.86. The van der Waals surface area contributed by atoms with E-state index in [0.29, 0.717) is 88.0 Å². The number of benzene rings is 6. The molecule has 29 heteroatoms. The third-order valence-electron chi connectivity index (χ3n) is 12.0. The lowest BCUT2D eigenvalue weighted by Gasteiger charge is -2.16. The van der Waals surface area contributed by atoms with Crippen LogP contribution in [-0.4, -0.2) is 95.6 Å². The van der Waals surface area contributed by atoms with Gasteiger partial charge in [0.25, 0.3) is 40.5 Å². The Morgan fingerprint density at radius 2 is 0.786 bits per heavy atom. The van der Waals surface area contributed by atoms with Gasteiger partial charge in [-0.2, -0.15) is 59.2 Å². The third kappa shape index (κ3) is 20.0. The van der Waals surface area contributed by atoms with Crippen molar-refractivity contribution >= 4 is 91.8 Å². The fraction of sp³-hybridized carbons (Fsp3) is 0.327. The molecule has 0 saturated carbocycles. The molecule has 0 unspecified atom stereocenters. The molecule has 6 aromatic rings. The van der Waals surface area contributed by atoms with Crippen LogP contribution >= 0.6 is 0 Å². The number of nitrogens with zero attached hydrogens (tertiary/aromatic N) is 8. The number of ketones is 1. The fourth-order valence-electron chi connectivity index (χ4n) is 7.80. The van der Waals surface area contributed by atoms with E-state index in [1.54, 1.807) is 70.2 Å². The zero-order valence-electron chi connectivity index (χ0n) is 46.5. The Bertz CT molecular complexity index is 3970. The van der Waals surface area contributed by atoms with E-state index in [0.717, 1.165) is 12.1 Å². The molecule has 4 N–H and O–H groups in total. The zero-order valence-corrected chi connectivity index (χ0v) is 49.8. The van der Waals surface area contributed by atoms with E-state index in [9.17, 15) is 56.7 Å². The van der Waals surface area contributed by atoms with Crippen LogP contribution in [0.5, 0.6) is 23.0 Å². The van der Waals surface area contributed by atoms with E-state index >= 15 is 0 Å². The van der Waals surface area contributed by atoms with E-state index in [1.807, 2.05) is 13.8 Å². The quantitative estimate of drug-likeness (QED) is 0.0185. The van der Waals surface area contributed by atoms with Crippen molar-refractivity contribution in [3.8, 4) is 23.0 Å². The van der Waals surface area contributed by atoms with E-state index in [1.165, 1.54) is 42.5 Å². The molecule has 84 heavy (non-hydrogen) atoms. The van der Waals surface area contributed by atoms with E-state index in [4.69, 9.17) is 18.9 Å². The Hall–Kier alpha value is -7.77. The molecule has 0 aromatic heterocycles. The van der Waals surface area contributed by atoms with Gasteiger partial charge < -0.3 is 18.9 Å². The monoisotopic (exact) mass is 1230 g/mol. The Kier molecular flexibility index (Phi) is 22.7. The van der Waals surface area contributed by atoms with Crippen LogP contribution in [-0.2, 0) is 58.1 Å². The maximum absolute atomic E-state index is 14.2. The molecular formula is C55H62N8O17S4. The fourth-order valence-corrected chi connectivity index (χ4v) is 9.87. The van der Waals surface area contributed by atoms with Crippen LogP contribution in [0.4, 0.5) is 45.5 Å². The zero-order chi connectivity index (χ0) is 61.4. The molecule has 0 radical (unpaired) electrons. The lowest BCUT2D eigenvalue weighted by atomic mass is 9.98. The molecule has 0 bridgehead atoms. The molecule has 6 rings (SSSR count). The summed E-state index contributed by atoms with van der Waals surface area (Å²) in [6.07, 6.45) is 0.846. The number of aryl methyl sites for hydroxylation is 4. The number of hydrogen-bond acceptors (Lipinski definition) is 21. The summed E-state index contributed by atoms with van der Waals surface area (Å²) in [6, 6.07) is 23.6. The highest BCUT2D eigenvalue weighted by Gasteiger charge is 2.20. The van der Waals surface area contributed by atoms with E-state index < -0.39 is 56.9 Å². The lowest BCUT2D eigenvalue weighted by Crippen LogP contribution is -2.12. The molecule has 0 aliphatic carbocycles. The molecule has 448 valence electrons. The Labute approximate surface area is 487 Å². The predicted octanol–water partition coefficient (Wildman–Crippen LogP) is 13.3. The largest absolute Gasteiger partial charge is 0.493 e. The number of Topliss-reactive ketones (excluding diaryl/α,β-unsaturated/α-hetero) is 1. The maximum atomic E-state index is 14.2. The van der Waals surface area contributed by atoms with Crippen molar-refractivity contribution in [3.63, 3.8) is 0 Å². The van der Waals surface area contributed by atoms with Gasteiger partial charge in [0.1, 0.15) is 50.7 Å². The molecule has 0 saturated heterocycles. The number of carbonyl (C=O) groups is 1. The van der Waals surface area contributed by atoms with Gasteiger partial charge in [-0.05, 0) is 136 Å². The van der Waals surface area contributed by atoms with E-state index in [2.05, 4.69) is 40.9 Å². The predicted molar refractivity (Wildman–Crippen MR) is 311 cm³/mol. The molecule has 0 fully saturated rings. The normalized spacial score (nSPS) is 12.5. The summed E-state index contributed by atoms with van der Waals surface area (Å²) in [5, 5.41) is 34.8. The molecule has 0 aliphatic heterocycles. The van der Waals surface area contributed by atoms with Gasteiger partial charge in [-0.1, -0.05) is 26.0 Å². The van der Waals surface area contributed by atoms with Crippen LogP contribution in [0.15, 0.2) is 148 Å². The van der Waals surface area contributed by atoms with Gasteiger partial charge in [0.15, 0.2) is 0 Å². The summed E-state index contributed by atoms with van der Waals surface area (Å²) in [5.74, 6) is -0.475. The number of carbonyl (C=O) groups excluding carboxylic acids is 1. The lowest BCUT2D eigenvalue weighted by molar-refractivity contribution is -0.117. The van der Waals surface area contributed by atoms with Crippen molar-refractivity contribution in [2.75, 3.05) is 37.9 Å². The van der Waals surface area contributed by atoms with Gasteiger partial charge in [-0.15, -0.1) is 15.3 Å². The first kappa shape index (κ1) is 65.4. The Morgan fingerprint density at radius 3 is 1.21 bits per heavy atom. The van der Waals surface area contributed by atoms with Gasteiger partial charge in [0.2, 0.25) is 0 Å². The summed E-state index contributed by atoms with van der Waals surface area (Å²) in [5.41, 5.74) is 5.32. The second kappa shape index (κ2) is 29.2. The minimum Gasteiger partial charge on any atom is -0.493 e. The summed E-state index contributed by atoms with van der Waals surface area (Å²) in [6.45, 7) is 11.1. The van der Waals surface area contributed by atoms with Crippen LogP contribution in [0.1, 0.15) is 72.9 Å². The average Bonchev–Trinajstić information content (AvgIpc) is 3.01. The molecule has 25 nitrogen and oxygen atoms in total. The SMILES string of the molecule is CCCOc1cc(N=Nc2cc(C)c(N=Nc3ccccc3S(=O)(=O)O)cc2OCCC)c(C)cc1CC(=O)Cc1cc(C)c(N=Nc2cc(C)c(N=Nc3ccc(S(=O)(=O)O)cc3)cc2OCCCS(=O)(=O)O)cc1OCCCS(=O)(=O)O.